The van der Waals surface area contributed by atoms with Crippen LogP contribution in [0.1, 0.15) is 22.3 Å². The molecule has 0 bridgehead atoms. The molecule has 0 amide bonds. The van der Waals surface area contributed by atoms with Crippen molar-refractivity contribution in [2.24, 2.45) is 0 Å². The number of phenolic OH excluding ortho intramolecular Hbond substituents is 1. The van der Waals surface area contributed by atoms with Crippen LogP contribution in [-0.2, 0) is 4.74 Å². The van der Waals surface area contributed by atoms with Crippen LogP contribution in [0, 0.1) is 11.8 Å². The van der Waals surface area contributed by atoms with Crippen molar-refractivity contribution in [3.8, 4) is 17.6 Å². The first-order valence-electron chi connectivity index (χ1n) is 5.24. The molecule has 2 N–H and O–H groups in total. The molecule has 0 radical (unpaired) electrons. The van der Waals surface area contributed by atoms with E-state index in [4.69, 9.17) is 0 Å². The average molecular weight is 233 g/mol. The van der Waals surface area contributed by atoms with E-state index in [1.807, 2.05) is 7.05 Å². The van der Waals surface area contributed by atoms with Crippen LogP contribution in [0.3, 0.4) is 0 Å². The monoisotopic (exact) mass is 233 g/mol. The van der Waals surface area contributed by atoms with Crippen molar-refractivity contribution < 1.29 is 14.6 Å². The summed E-state index contributed by atoms with van der Waals surface area (Å²) in [6.07, 6.45) is 0.679. The minimum atomic E-state index is -0.441. The molecule has 90 valence electrons. The topological polar surface area (TPSA) is 58.6 Å². The van der Waals surface area contributed by atoms with Gasteiger partial charge in [0.05, 0.1) is 18.2 Å². The first-order chi connectivity index (χ1) is 8.19. The minimum Gasteiger partial charge on any atom is -0.507 e. The number of esters is 1. The lowest BCUT2D eigenvalue weighted by atomic mass is 10.1. The van der Waals surface area contributed by atoms with E-state index in [-0.39, 0.29) is 5.75 Å². The second-order valence-electron chi connectivity index (χ2n) is 3.38. The molecule has 1 aromatic carbocycles. The summed E-state index contributed by atoms with van der Waals surface area (Å²) in [6.45, 7) is 0.782. The van der Waals surface area contributed by atoms with Gasteiger partial charge in [0.1, 0.15) is 5.75 Å². The summed E-state index contributed by atoms with van der Waals surface area (Å²) in [6, 6.07) is 4.46. The zero-order valence-electron chi connectivity index (χ0n) is 9.91. The number of carbonyl (C=O) groups is 1. The fourth-order valence-corrected chi connectivity index (χ4v) is 1.23. The average Bonchev–Trinajstić information content (AvgIpc) is 2.35. The van der Waals surface area contributed by atoms with Crippen molar-refractivity contribution in [2.75, 3.05) is 20.7 Å². The van der Waals surface area contributed by atoms with Gasteiger partial charge in [-0.25, -0.2) is 4.79 Å². The molecule has 4 heteroatoms. The largest absolute Gasteiger partial charge is 0.507 e. The summed E-state index contributed by atoms with van der Waals surface area (Å²) in [5.74, 6) is 5.35. The number of nitrogens with one attached hydrogen (secondary N) is 1. The predicted octanol–water partition coefficient (Wildman–Crippen LogP) is 1.14. The van der Waals surface area contributed by atoms with Crippen molar-refractivity contribution in [1.82, 2.24) is 5.32 Å². The van der Waals surface area contributed by atoms with E-state index in [0.717, 1.165) is 6.54 Å². The van der Waals surface area contributed by atoms with Crippen molar-refractivity contribution in [1.29, 1.82) is 0 Å². The number of carbonyl (C=O) groups excluding carboxylic acids is 1. The maximum atomic E-state index is 11.3. The van der Waals surface area contributed by atoms with E-state index < -0.39 is 5.97 Å². The summed E-state index contributed by atoms with van der Waals surface area (Å²) in [4.78, 5) is 11.3. The van der Waals surface area contributed by atoms with Gasteiger partial charge in [-0.3, -0.25) is 0 Å². The molecular weight excluding hydrogens is 218 g/mol. The highest BCUT2D eigenvalue weighted by atomic mass is 16.5. The predicted molar refractivity (Wildman–Crippen MR) is 64.9 cm³/mol. The van der Waals surface area contributed by atoms with Gasteiger partial charge in [0.2, 0.25) is 0 Å². The molecule has 1 rings (SSSR count). The molecule has 1 aromatic rings. The fourth-order valence-electron chi connectivity index (χ4n) is 1.23. The Hall–Kier alpha value is -1.99. The van der Waals surface area contributed by atoms with E-state index in [2.05, 4.69) is 21.9 Å². The van der Waals surface area contributed by atoms with Gasteiger partial charge < -0.3 is 15.2 Å². The lowest BCUT2D eigenvalue weighted by Gasteiger charge is -2.01. The van der Waals surface area contributed by atoms with Gasteiger partial charge >= 0.3 is 5.97 Å². The number of benzene rings is 1. The van der Waals surface area contributed by atoms with E-state index >= 15 is 0 Å². The third-order valence-electron chi connectivity index (χ3n) is 2.14. The van der Waals surface area contributed by atoms with Crippen LogP contribution in [0.15, 0.2) is 18.2 Å². The van der Waals surface area contributed by atoms with Crippen LogP contribution < -0.4 is 5.32 Å². The van der Waals surface area contributed by atoms with Crippen LogP contribution in [-0.4, -0.2) is 31.8 Å². The van der Waals surface area contributed by atoms with Crippen LogP contribution >= 0.6 is 0 Å². The molecule has 0 unspecified atom stereocenters. The van der Waals surface area contributed by atoms with Crippen LogP contribution in [0.4, 0.5) is 0 Å². The number of methoxy groups -OCH3 is 1. The first-order valence-corrected chi connectivity index (χ1v) is 5.24. The smallest absolute Gasteiger partial charge is 0.337 e. The van der Waals surface area contributed by atoms with Gasteiger partial charge in [-0.2, -0.15) is 0 Å². The number of hydrogen-bond acceptors (Lipinski definition) is 4. The molecule has 0 heterocycles. The highest BCUT2D eigenvalue weighted by Crippen LogP contribution is 2.17. The Morgan fingerprint density at radius 3 is 2.94 bits per heavy atom. The van der Waals surface area contributed by atoms with Crippen LogP contribution in [0.25, 0.3) is 0 Å². The molecular formula is C13H15NO3. The Kier molecular flexibility index (Phi) is 5.05. The van der Waals surface area contributed by atoms with Crippen molar-refractivity contribution >= 4 is 5.97 Å². The van der Waals surface area contributed by atoms with Gasteiger partial charge in [0, 0.05) is 13.0 Å². The molecule has 4 nitrogen and oxygen atoms in total. The summed E-state index contributed by atoms with van der Waals surface area (Å²) >= 11 is 0. The minimum absolute atomic E-state index is 0.0645. The van der Waals surface area contributed by atoms with E-state index in [1.165, 1.54) is 25.3 Å². The molecule has 0 spiro atoms. The molecule has 0 fully saturated rings. The van der Waals surface area contributed by atoms with Crippen molar-refractivity contribution in [3.05, 3.63) is 29.3 Å². The molecule has 0 saturated carbocycles. The summed E-state index contributed by atoms with van der Waals surface area (Å²) in [5, 5.41) is 12.5. The normalized spacial score (nSPS) is 9.29. The van der Waals surface area contributed by atoms with Gasteiger partial charge in [-0.15, -0.1) is 0 Å². The lowest BCUT2D eigenvalue weighted by Crippen LogP contribution is -2.05. The number of rotatable bonds is 3. The third kappa shape index (κ3) is 3.82. The third-order valence-corrected chi connectivity index (χ3v) is 2.14. The van der Waals surface area contributed by atoms with Gasteiger partial charge in [-0.05, 0) is 25.2 Å². The lowest BCUT2D eigenvalue weighted by molar-refractivity contribution is 0.0600. The van der Waals surface area contributed by atoms with Gasteiger partial charge in [0.25, 0.3) is 0 Å². The Bertz CT molecular complexity index is 457. The number of hydrogen-bond donors (Lipinski definition) is 2. The van der Waals surface area contributed by atoms with E-state index in [1.54, 1.807) is 0 Å². The standard InChI is InChI=1S/C13H15NO3/c1-14-8-4-3-5-10-9-11(13(16)17-2)6-7-12(10)15/h6-7,9,14-15H,4,8H2,1-2H3. The Balaban J connectivity index is 2.89. The molecule has 0 aliphatic rings. The van der Waals surface area contributed by atoms with Crippen molar-refractivity contribution in [2.45, 2.75) is 6.42 Å². The molecule has 0 aliphatic carbocycles. The number of aromatic hydroxyl groups is 1. The molecule has 0 saturated heterocycles. The Morgan fingerprint density at radius 2 is 2.29 bits per heavy atom. The zero-order valence-corrected chi connectivity index (χ0v) is 9.91. The maximum Gasteiger partial charge on any atom is 0.337 e. The van der Waals surface area contributed by atoms with Gasteiger partial charge in [0.15, 0.2) is 0 Å². The highest BCUT2D eigenvalue weighted by molar-refractivity contribution is 5.90. The summed E-state index contributed by atoms with van der Waals surface area (Å²) < 4.78 is 4.60. The second-order valence-corrected chi connectivity index (χ2v) is 3.38. The van der Waals surface area contributed by atoms with Gasteiger partial charge in [-0.1, -0.05) is 11.8 Å². The maximum absolute atomic E-state index is 11.3. The zero-order chi connectivity index (χ0) is 12.7. The molecule has 17 heavy (non-hydrogen) atoms. The quantitative estimate of drug-likeness (QED) is 0.467. The summed E-state index contributed by atoms with van der Waals surface area (Å²) in [7, 11) is 3.16. The van der Waals surface area contributed by atoms with Crippen LogP contribution in [0.5, 0.6) is 5.75 Å². The Labute approximate surface area is 101 Å². The van der Waals surface area contributed by atoms with E-state index in [9.17, 15) is 9.90 Å². The molecule has 0 atom stereocenters. The number of phenols is 1. The molecule has 0 aromatic heterocycles. The fraction of sp³-hybridized carbons (Fsp3) is 0.308. The molecule has 0 aliphatic heterocycles. The van der Waals surface area contributed by atoms with Crippen molar-refractivity contribution in [3.63, 3.8) is 0 Å². The number of ether oxygens (including phenoxy) is 1. The second kappa shape index (κ2) is 6.56. The SMILES string of the molecule is CNCCC#Cc1cc(C(=O)OC)ccc1O. The van der Waals surface area contributed by atoms with E-state index in [0.29, 0.717) is 17.5 Å². The highest BCUT2D eigenvalue weighted by Gasteiger charge is 2.07. The van der Waals surface area contributed by atoms with Crippen LogP contribution in [0.2, 0.25) is 0 Å². The first kappa shape index (κ1) is 13.1. The Morgan fingerprint density at radius 1 is 1.53 bits per heavy atom. The summed E-state index contributed by atoms with van der Waals surface area (Å²) in [5.41, 5.74) is 0.812.